The Kier molecular flexibility index (Phi) is 6.09. The molecule has 0 radical (unpaired) electrons. The van der Waals surface area contributed by atoms with Crippen LogP contribution in [0.15, 0.2) is 0 Å². The van der Waals surface area contributed by atoms with Gasteiger partial charge in [-0.25, -0.2) is 21.6 Å². The predicted molar refractivity (Wildman–Crippen MR) is 61.4 cm³/mol. The Morgan fingerprint density at radius 1 is 1.20 bits per heavy atom. The van der Waals surface area contributed by atoms with Gasteiger partial charge in [-0.05, 0) is 6.42 Å². The van der Waals surface area contributed by atoms with Crippen molar-refractivity contribution >= 4 is 31.5 Å². The Bertz CT molecular complexity index is 376. The van der Waals surface area contributed by atoms with Crippen LogP contribution in [-0.2, 0) is 19.9 Å². The molecular weight excluding hydrogens is 262 g/mol. The lowest BCUT2D eigenvalue weighted by atomic mass is 10.3. The molecule has 92 valence electrons. The molecule has 0 aliphatic heterocycles. The first kappa shape index (κ1) is 15.2. The molecule has 0 amide bonds. The lowest BCUT2D eigenvalue weighted by molar-refractivity contribution is 0.576. The molecule has 5 nitrogen and oxygen atoms in total. The average Bonchev–Trinajstić information content (AvgIpc) is 2.10. The summed E-state index contributed by atoms with van der Waals surface area (Å²) in [5.74, 6) is -0.791. The van der Waals surface area contributed by atoms with Crippen LogP contribution in [0.4, 0.5) is 0 Å². The van der Waals surface area contributed by atoms with Gasteiger partial charge in [0.25, 0.3) is 0 Å². The molecule has 15 heavy (non-hydrogen) atoms. The van der Waals surface area contributed by atoms with Gasteiger partial charge in [-0.2, -0.15) is 0 Å². The molecule has 0 rings (SSSR count). The van der Waals surface area contributed by atoms with Crippen molar-refractivity contribution in [2.24, 2.45) is 0 Å². The molecule has 0 saturated heterocycles. The molecule has 1 atom stereocenters. The number of sulfone groups is 1. The molecule has 0 aromatic rings. The van der Waals surface area contributed by atoms with Gasteiger partial charge in [0.15, 0.2) is 0 Å². The smallest absolute Gasteiger partial charge is 0.212 e. The fourth-order valence-electron chi connectivity index (χ4n) is 0.695. The van der Waals surface area contributed by atoms with Gasteiger partial charge in [0.2, 0.25) is 10.0 Å². The van der Waals surface area contributed by atoms with Gasteiger partial charge in [0.1, 0.15) is 9.84 Å². The number of rotatable bonds is 7. The zero-order chi connectivity index (χ0) is 12.1. The van der Waals surface area contributed by atoms with Crippen LogP contribution in [0.1, 0.15) is 13.3 Å². The minimum absolute atomic E-state index is 0.129. The van der Waals surface area contributed by atoms with Crippen molar-refractivity contribution < 1.29 is 16.8 Å². The summed E-state index contributed by atoms with van der Waals surface area (Å²) in [6.45, 7) is 1.96. The monoisotopic (exact) mass is 277 g/mol. The SMILES string of the molecule is CCC(Cl)CNS(=O)(=O)CCS(C)(=O)=O. The van der Waals surface area contributed by atoms with E-state index in [9.17, 15) is 16.8 Å². The number of halogens is 1. The van der Waals surface area contributed by atoms with E-state index in [1.165, 1.54) is 0 Å². The third kappa shape index (κ3) is 9.10. The highest BCUT2D eigenvalue weighted by Crippen LogP contribution is 1.99. The highest BCUT2D eigenvalue weighted by molar-refractivity contribution is 7.93. The summed E-state index contributed by atoms with van der Waals surface area (Å²) in [7, 11) is -6.79. The summed E-state index contributed by atoms with van der Waals surface area (Å²) in [6.07, 6.45) is 1.65. The van der Waals surface area contributed by atoms with Crippen molar-refractivity contribution in [3.05, 3.63) is 0 Å². The molecule has 0 fully saturated rings. The zero-order valence-electron chi connectivity index (χ0n) is 8.73. The average molecular weight is 278 g/mol. The molecule has 0 spiro atoms. The molecule has 8 heteroatoms. The van der Waals surface area contributed by atoms with Crippen molar-refractivity contribution in [3.8, 4) is 0 Å². The van der Waals surface area contributed by atoms with E-state index in [2.05, 4.69) is 4.72 Å². The minimum Gasteiger partial charge on any atom is -0.229 e. The van der Waals surface area contributed by atoms with E-state index >= 15 is 0 Å². The molecule has 0 aliphatic rings. The maximum atomic E-state index is 11.3. The minimum atomic E-state index is -3.53. The number of hydrogen-bond acceptors (Lipinski definition) is 4. The van der Waals surface area contributed by atoms with Gasteiger partial charge < -0.3 is 0 Å². The first-order valence-corrected chi connectivity index (χ1v) is 8.60. The van der Waals surface area contributed by atoms with E-state index in [0.717, 1.165) is 6.26 Å². The summed E-state index contributed by atoms with van der Waals surface area (Å²) in [5, 5.41) is -0.266. The van der Waals surface area contributed by atoms with Gasteiger partial charge in [-0.3, -0.25) is 0 Å². The van der Waals surface area contributed by atoms with Gasteiger partial charge in [-0.1, -0.05) is 6.92 Å². The van der Waals surface area contributed by atoms with E-state index in [1.54, 1.807) is 0 Å². The Labute approximate surface area is 96.2 Å². The maximum absolute atomic E-state index is 11.3. The highest BCUT2D eigenvalue weighted by Gasteiger charge is 2.15. The summed E-state index contributed by atoms with van der Waals surface area (Å²) in [6, 6.07) is 0. The summed E-state index contributed by atoms with van der Waals surface area (Å²) >= 11 is 5.72. The number of sulfonamides is 1. The quantitative estimate of drug-likeness (QED) is 0.663. The Morgan fingerprint density at radius 2 is 1.73 bits per heavy atom. The Morgan fingerprint density at radius 3 is 2.13 bits per heavy atom. The van der Waals surface area contributed by atoms with Crippen LogP contribution < -0.4 is 4.72 Å². The molecule has 1 unspecified atom stereocenters. The van der Waals surface area contributed by atoms with E-state index < -0.39 is 25.6 Å². The van der Waals surface area contributed by atoms with Crippen molar-refractivity contribution in [1.29, 1.82) is 0 Å². The lowest BCUT2D eigenvalue weighted by Crippen LogP contribution is -2.33. The van der Waals surface area contributed by atoms with Crippen LogP contribution >= 0.6 is 11.6 Å². The molecular formula is C7H16ClNO4S2. The van der Waals surface area contributed by atoms with Crippen molar-refractivity contribution in [1.82, 2.24) is 4.72 Å². The Balaban J connectivity index is 4.10. The number of alkyl halides is 1. The van der Waals surface area contributed by atoms with Crippen LogP contribution in [-0.4, -0.2) is 46.5 Å². The summed E-state index contributed by atoms with van der Waals surface area (Å²) in [4.78, 5) is 0. The molecule has 0 heterocycles. The second-order valence-corrected chi connectivity index (χ2v) is 8.11. The highest BCUT2D eigenvalue weighted by atomic mass is 35.5. The molecule has 0 aromatic heterocycles. The maximum Gasteiger partial charge on any atom is 0.212 e. The zero-order valence-corrected chi connectivity index (χ0v) is 11.1. The summed E-state index contributed by atoms with van der Waals surface area (Å²) in [5.41, 5.74) is 0. The van der Waals surface area contributed by atoms with E-state index in [1.807, 2.05) is 6.92 Å². The first-order valence-electron chi connectivity index (χ1n) is 4.45. The van der Waals surface area contributed by atoms with E-state index in [-0.39, 0.29) is 17.7 Å². The standard InChI is InChI=1S/C7H16ClNO4S2/c1-3-7(8)6-9-15(12,13)5-4-14(2,10)11/h7,9H,3-6H2,1-2H3. The Hall–Kier alpha value is 0.150. The van der Waals surface area contributed by atoms with Crippen molar-refractivity contribution in [2.75, 3.05) is 24.3 Å². The molecule has 0 aromatic carbocycles. The predicted octanol–water partition coefficient (Wildman–Crippen LogP) is -0.0322. The van der Waals surface area contributed by atoms with E-state index in [0.29, 0.717) is 6.42 Å². The van der Waals surface area contributed by atoms with E-state index in [4.69, 9.17) is 11.6 Å². The largest absolute Gasteiger partial charge is 0.229 e. The van der Waals surface area contributed by atoms with Crippen LogP contribution in [0.2, 0.25) is 0 Å². The molecule has 0 aliphatic carbocycles. The second kappa shape index (κ2) is 6.03. The van der Waals surface area contributed by atoms with Crippen LogP contribution in [0.5, 0.6) is 0 Å². The van der Waals surface area contributed by atoms with Gasteiger partial charge in [0.05, 0.1) is 11.5 Å². The number of hydrogen-bond donors (Lipinski definition) is 1. The van der Waals surface area contributed by atoms with Crippen LogP contribution in [0.25, 0.3) is 0 Å². The second-order valence-electron chi connectivity index (χ2n) is 3.30. The van der Waals surface area contributed by atoms with Crippen molar-refractivity contribution in [3.63, 3.8) is 0 Å². The third-order valence-corrected chi connectivity index (χ3v) is 4.71. The normalized spacial score (nSPS) is 15.1. The van der Waals surface area contributed by atoms with Gasteiger partial charge >= 0.3 is 0 Å². The molecule has 0 bridgehead atoms. The topological polar surface area (TPSA) is 80.3 Å². The van der Waals surface area contributed by atoms with Crippen LogP contribution in [0.3, 0.4) is 0 Å². The first-order chi connectivity index (χ1) is 6.66. The van der Waals surface area contributed by atoms with Crippen molar-refractivity contribution in [2.45, 2.75) is 18.7 Å². The van der Waals surface area contributed by atoms with Crippen LogP contribution in [0, 0.1) is 0 Å². The summed E-state index contributed by atoms with van der Waals surface area (Å²) < 4.78 is 46.3. The third-order valence-electron chi connectivity index (χ3n) is 1.69. The number of nitrogens with one attached hydrogen (secondary N) is 1. The fraction of sp³-hybridized carbons (Fsp3) is 1.00. The van der Waals surface area contributed by atoms with Gasteiger partial charge in [-0.15, -0.1) is 11.6 Å². The van der Waals surface area contributed by atoms with Gasteiger partial charge in [0, 0.05) is 18.2 Å². The fourth-order valence-corrected chi connectivity index (χ4v) is 3.55. The molecule has 0 saturated carbocycles. The lowest BCUT2D eigenvalue weighted by Gasteiger charge is -2.08. The molecule has 1 N–H and O–H groups in total.